The van der Waals surface area contributed by atoms with Crippen LogP contribution in [0.15, 0.2) is 24.3 Å². The molecule has 1 aromatic carbocycles. The fraction of sp³-hybridized carbons (Fsp3) is 0.529. The van der Waals surface area contributed by atoms with Crippen molar-refractivity contribution in [2.75, 3.05) is 0 Å². The lowest BCUT2D eigenvalue weighted by Crippen LogP contribution is -2.46. The SMILES string of the molecule is NC(=O)[C@@H](Cc1cccc(C(F)(F)F)c1)NC(=O)CC1CCCC1. The Bertz CT molecular complexity index is 596. The Hall–Kier alpha value is -2.05. The average molecular weight is 342 g/mol. The minimum absolute atomic E-state index is 0.0599. The summed E-state index contributed by atoms with van der Waals surface area (Å²) >= 11 is 0. The zero-order valence-corrected chi connectivity index (χ0v) is 13.2. The van der Waals surface area contributed by atoms with Crippen LogP contribution in [0.25, 0.3) is 0 Å². The third-order valence-electron chi connectivity index (χ3n) is 4.32. The van der Waals surface area contributed by atoms with Gasteiger partial charge in [-0.3, -0.25) is 9.59 Å². The van der Waals surface area contributed by atoms with E-state index in [-0.39, 0.29) is 12.3 Å². The van der Waals surface area contributed by atoms with Crippen molar-refractivity contribution in [3.63, 3.8) is 0 Å². The Morgan fingerprint density at radius 1 is 1.25 bits per heavy atom. The summed E-state index contributed by atoms with van der Waals surface area (Å²) in [6.07, 6.45) is -0.0145. The van der Waals surface area contributed by atoms with E-state index in [1.54, 1.807) is 0 Å². The van der Waals surface area contributed by atoms with Crippen LogP contribution in [0.3, 0.4) is 0 Å². The van der Waals surface area contributed by atoms with E-state index in [4.69, 9.17) is 5.73 Å². The molecule has 24 heavy (non-hydrogen) atoms. The lowest BCUT2D eigenvalue weighted by Gasteiger charge is -2.18. The van der Waals surface area contributed by atoms with Gasteiger partial charge in [0.15, 0.2) is 0 Å². The molecule has 0 radical (unpaired) electrons. The molecule has 7 heteroatoms. The molecule has 3 N–H and O–H groups in total. The smallest absolute Gasteiger partial charge is 0.368 e. The van der Waals surface area contributed by atoms with Crippen LogP contribution < -0.4 is 11.1 Å². The second-order valence-electron chi connectivity index (χ2n) is 6.28. The molecule has 0 aromatic heterocycles. The lowest BCUT2D eigenvalue weighted by atomic mass is 10.0. The van der Waals surface area contributed by atoms with Crippen LogP contribution in [0.4, 0.5) is 13.2 Å². The van der Waals surface area contributed by atoms with Crippen LogP contribution in [0.1, 0.15) is 43.2 Å². The van der Waals surface area contributed by atoms with Crippen LogP contribution in [0.5, 0.6) is 0 Å². The van der Waals surface area contributed by atoms with Gasteiger partial charge in [0.05, 0.1) is 5.56 Å². The number of alkyl halides is 3. The third-order valence-corrected chi connectivity index (χ3v) is 4.32. The number of hydrogen-bond acceptors (Lipinski definition) is 2. The summed E-state index contributed by atoms with van der Waals surface area (Å²) in [7, 11) is 0. The molecule has 2 amide bonds. The van der Waals surface area contributed by atoms with Crippen molar-refractivity contribution in [3.8, 4) is 0 Å². The summed E-state index contributed by atoms with van der Waals surface area (Å²) < 4.78 is 38.2. The van der Waals surface area contributed by atoms with Gasteiger partial charge in [0.25, 0.3) is 0 Å². The van der Waals surface area contributed by atoms with Crippen LogP contribution in [-0.4, -0.2) is 17.9 Å². The molecule has 0 saturated heterocycles. The Kier molecular flexibility index (Phi) is 5.85. The maximum absolute atomic E-state index is 12.7. The van der Waals surface area contributed by atoms with Crippen LogP contribution in [0.2, 0.25) is 0 Å². The first-order valence-electron chi connectivity index (χ1n) is 8.00. The van der Waals surface area contributed by atoms with E-state index in [0.29, 0.717) is 17.9 Å². The number of carbonyl (C=O) groups excluding carboxylic acids is 2. The zero-order valence-electron chi connectivity index (χ0n) is 13.2. The summed E-state index contributed by atoms with van der Waals surface area (Å²) in [4.78, 5) is 23.6. The number of nitrogens with one attached hydrogen (secondary N) is 1. The van der Waals surface area contributed by atoms with Crippen molar-refractivity contribution >= 4 is 11.8 Å². The van der Waals surface area contributed by atoms with Crippen molar-refractivity contribution in [1.82, 2.24) is 5.32 Å². The van der Waals surface area contributed by atoms with Crippen LogP contribution in [0, 0.1) is 5.92 Å². The number of hydrogen-bond donors (Lipinski definition) is 2. The van der Waals surface area contributed by atoms with E-state index < -0.39 is 23.7 Å². The molecular formula is C17H21F3N2O2. The molecule has 0 spiro atoms. The lowest BCUT2D eigenvalue weighted by molar-refractivity contribution is -0.137. The molecule has 0 unspecified atom stereocenters. The van der Waals surface area contributed by atoms with E-state index in [9.17, 15) is 22.8 Å². The normalized spacial score (nSPS) is 16.8. The number of primary amides is 1. The highest BCUT2D eigenvalue weighted by Crippen LogP contribution is 2.30. The molecule has 1 atom stereocenters. The molecule has 1 aliphatic carbocycles. The van der Waals surface area contributed by atoms with E-state index in [2.05, 4.69) is 5.32 Å². The summed E-state index contributed by atoms with van der Waals surface area (Å²) in [5.74, 6) is -0.725. The predicted octanol–water partition coefficient (Wildman–Crippen LogP) is 2.80. The first kappa shape index (κ1) is 18.3. The molecule has 132 valence electrons. The zero-order chi connectivity index (χ0) is 17.7. The number of benzene rings is 1. The average Bonchev–Trinajstić information content (AvgIpc) is 2.98. The summed E-state index contributed by atoms with van der Waals surface area (Å²) in [6.45, 7) is 0. The molecule has 1 saturated carbocycles. The van der Waals surface area contributed by atoms with Gasteiger partial charge in [0.2, 0.25) is 11.8 Å². The number of rotatable bonds is 6. The topological polar surface area (TPSA) is 72.2 Å². The first-order chi connectivity index (χ1) is 11.3. The molecule has 0 aliphatic heterocycles. The van der Waals surface area contributed by atoms with Gasteiger partial charge < -0.3 is 11.1 Å². The van der Waals surface area contributed by atoms with Crippen molar-refractivity contribution < 1.29 is 22.8 Å². The second-order valence-corrected chi connectivity index (χ2v) is 6.28. The minimum atomic E-state index is -4.45. The van der Waals surface area contributed by atoms with Gasteiger partial charge in [-0.2, -0.15) is 13.2 Å². The Morgan fingerprint density at radius 3 is 2.50 bits per heavy atom. The molecular weight excluding hydrogens is 321 g/mol. The molecule has 0 heterocycles. The van der Waals surface area contributed by atoms with Crippen LogP contribution in [-0.2, 0) is 22.2 Å². The van der Waals surface area contributed by atoms with E-state index in [1.807, 2.05) is 0 Å². The van der Waals surface area contributed by atoms with Crippen molar-refractivity contribution in [2.24, 2.45) is 11.7 Å². The van der Waals surface area contributed by atoms with Crippen molar-refractivity contribution in [2.45, 2.75) is 50.7 Å². The van der Waals surface area contributed by atoms with Crippen molar-refractivity contribution in [3.05, 3.63) is 35.4 Å². The number of carbonyl (C=O) groups is 2. The first-order valence-corrected chi connectivity index (χ1v) is 8.00. The standard InChI is InChI=1S/C17H21F3N2O2/c18-17(19,20)13-7-3-6-12(8-13)9-14(16(21)24)22-15(23)10-11-4-1-2-5-11/h3,6-8,11,14H,1-2,4-5,9-10H2,(H2,21,24)(H,22,23)/t14-/m1/s1. The van der Waals surface area contributed by atoms with Gasteiger partial charge in [-0.15, -0.1) is 0 Å². The van der Waals surface area contributed by atoms with Gasteiger partial charge in [-0.25, -0.2) is 0 Å². The Morgan fingerprint density at radius 2 is 1.92 bits per heavy atom. The van der Waals surface area contributed by atoms with Crippen molar-refractivity contribution in [1.29, 1.82) is 0 Å². The van der Waals surface area contributed by atoms with Gasteiger partial charge in [-0.1, -0.05) is 31.0 Å². The Balaban J connectivity index is 2.00. The Labute approximate surface area is 138 Å². The maximum Gasteiger partial charge on any atom is 0.416 e. The number of amides is 2. The highest BCUT2D eigenvalue weighted by Gasteiger charge is 2.31. The fourth-order valence-electron chi connectivity index (χ4n) is 3.06. The molecule has 2 rings (SSSR count). The molecule has 1 aromatic rings. The van der Waals surface area contributed by atoms with E-state index in [1.165, 1.54) is 12.1 Å². The summed E-state index contributed by atoms with van der Waals surface area (Å²) in [5.41, 5.74) is 4.80. The third kappa shape index (κ3) is 5.25. The monoisotopic (exact) mass is 342 g/mol. The molecule has 0 bridgehead atoms. The maximum atomic E-state index is 12.7. The second kappa shape index (κ2) is 7.68. The number of halogens is 3. The fourth-order valence-corrected chi connectivity index (χ4v) is 3.06. The van der Waals surface area contributed by atoms with E-state index >= 15 is 0 Å². The van der Waals surface area contributed by atoms with E-state index in [0.717, 1.165) is 37.8 Å². The molecule has 1 aliphatic rings. The molecule has 1 fully saturated rings. The summed E-state index contributed by atoms with van der Waals surface area (Å²) in [6, 6.07) is 3.67. The highest BCUT2D eigenvalue weighted by molar-refractivity contribution is 5.86. The molecule has 4 nitrogen and oxygen atoms in total. The largest absolute Gasteiger partial charge is 0.416 e. The van der Waals surface area contributed by atoms with Crippen LogP contribution >= 0.6 is 0 Å². The minimum Gasteiger partial charge on any atom is -0.368 e. The summed E-state index contributed by atoms with van der Waals surface area (Å²) in [5, 5.41) is 2.56. The quantitative estimate of drug-likeness (QED) is 0.834. The van der Waals surface area contributed by atoms with Gasteiger partial charge in [-0.05, 0) is 30.4 Å². The van der Waals surface area contributed by atoms with Gasteiger partial charge >= 0.3 is 6.18 Å². The number of nitrogens with two attached hydrogens (primary N) is 1. The highest BCUT2D eigenvalue weighted by atomic mass is 19.4. The van der Waals surface area contributed by atoms with Gasteiger partial charge in [0.1, 0.15) is 6.04 Å². The van der Waals surface area contributed by atoms with Gasteiger partial charge in [0, 0.05) is 12.8 Å². The predicted molar refractivity (Wildman–Crippen MR) is 82.8 cm³/mol.